The van der Waals surface area contributed by atoms with Crippen LogP contribution in [0.15, 0.2) is 35.6 Å². The molecule has 5 heteroatoms. The highest BCUT2D eigenvalue weighted by molar-refractivity contribution is 5.88. The fourth-order valence-electron chi connectivity index (χ4n) is 2.74. The number of benzene rings is 1. The van der Waals surface area contributed by atoms with Crippen molar-refractivity contribution >= 4 is 17.9 Å². The third-order valence-electron chi connectivity index (χ3n) is 3.79. The number of aromatic nitrogens is 2. The first-order chi connectivity index (χ1) is 10.2. The molecule has 110 valence electrons. The van der Waals surface area contributed by atoms with Crippen LogP contribution in [0.4, 0.5) is 11.6 Å². The summed E-state index contributed by atoms with van der Waals surface area (Å²) in [6, 6.07) is 8.37. The Hall–Kier alpha value is -2.30. The van der Waals surface area contributed by atoms with Gasteiger partial charge in [-0.2, -0.15) is 5.10 Å². The Bertz CT molecular complexity index is 638. The van der Waals surface area contributed by atoms with Crippen molar-refractivity contribution in [3.63, 3.8) is 0 Å². The maximum atomic E-state index is 5.81. The van der Waals surface area contributed by atoms with Crippen molar-refractivity contribution in [3.8, 4) is 0 Å². The molecule has 0 saturated carbocycles. The molecule has 0 spiro atoms. The molecule has 0 radical (unpaired) electrons. The first kappa shape index (κ1) is 13.7. The lowest BCUT2D eigenvalue weighted by Gasteiger charge is -2.29. The number of aryl methyl sites for hydroxylation is 1. The van der Waals surface area contributed by atoms with Crippen molar-refractivity contribution in [1.82, 2.24) is 9.66 Å². The average molecular weight is 283 g/mol. The largest absolute Gasteiger partial charge is 0.371 e. The van der Waals surface area contributed by atoms with Gasteiger partial charge in [0.2, 0.25) is 5.95 Å². The topological polar surface area (TPSA) is 59.4 Å². The Morgan fingerprint density at radius 1 is 1.19 bits per heavy atom. The SMILES string of the molecule is Cc1cn(N=Cc2ccccc2N2CCCCC2)c(N)n1. The molecule has 1 aliphatic rings. The second-order valence-electron chi connectivity index (χ2n) is 5.44. The first-order valence-electron chi connectivity index (χ1n) is 7.44. The summed E-state index contributed by atoms with van der Waals surface area (Å²) in [6.07, 6.45) is 7.55. The Balaban J connectivity index is 1.86. The molecule has 1 fully saturated rings. The van der Waals surface area contributed by atoms with Crippen molar-refractivity contribution in [3.05, 3.63) is 41.7 Å². The summed E-state index contributed by atoms with van der Waals surface area (Å²) in [5.41, 5.74) is 9.05. The molecule has 5 nitrogen and oxygen atoms in total. The Kier molecular flexibility index (Phi) is 3.90. The van der Waals surface area contributed by atoms with Gasteiger partial charge in [0.1, 0.15) is 0 Å². The molecule has 1 saturated heterocycles. The van der Waals surface area contributed by atoms with Gasteiger partial charge in [0.15, 0.2) is 0 Å². The number of anilines is 2. The van der Waals surface area contributed by atoms with Gasteiger partial charge in [-0.25, -0.2) is 9.66 Å². The van der Waals surface area contributed by atoms with E-state index < -0.39 is 0 Å². The lowest BCUT2D eigenvalue weighted by atomic mass is 10.1. The third kappa shape index (κ3) is 3.07. The molecule has 0 amide bonds. The van der Waals surface area contributed by atoms with Crippen LogP contribution in [0.5, 0.6) is 0 Å². The van der Waals surface area contributed by atoms with E-state index in [9.17, 15) is 0 Å². The van der Waals surface area contributed by atoms with E-state index in [0.717, 1.165) is 24.3 Å². The maximum Gasteiger partial charge on any atom is 0.221 e. The van der Waals surface area contributed by atoms with E-state index in [0.29, 0.717) is 5.95 Å². The molecular formula is C16H21N5. The minimum absolute atomic E-state index is 0.416. The smallest absolute Gasteiger partial charge is 0.221 e. The highest BCUT2D eigenvalue weighted by Gasteiger charge is 2.13. The van der Waals surface area contributed by atoms with E-state index in [1.807, 2.05) is 25.4 Å². The maximum absolute atomic E-state index is 5.81. The second kappa shape index (κ2) is 5.99. The number of piperidine rings is 1. The van der Waals surface area contributed by atoms with Crippen LogP contribution in [0, 0.1) is 6.92 Å². The van der Waals surface area contributed by atoms with E-state index in [4.69, 9.17) is 5.73 Å². The molecule has 0 unspecified atom stereocenters. The van der Waals surface area contributed by atoms with Crippen molar-refractivity contribution < 1.29 is 0 Å². The number of para-hydroxylation sites is 1. The van der Waals surface area contributed by atoms with Crippen LogP contribution in [0.25, 0.3) is 0 Å². The van der Waals surface area contributed by atoms with Gasteiger partial charge in [-0.05, 0) is 32.3 Å². The minimum atomic E-state index is 0.416. The molecule has 1 aromatic carbocycles. The van der Waals surface area contributed by atoms with E-state index >= 15 is 0 Å². The van der Waals surface area contributed by atoms with Crippen LogP contribution in [0.2, 0.25) is 0 Å². The summed E-state index contributed by atoms with van der Waals surface area (Å²) < 4.78 is 1.61. The summed E-state index contributed by atoms with van der Waals surface area (Å²) in [4.78, 5) is 6.59. The summed E-state index contributed by atoms with van der Waals surface area (Å²) in [7, 11) is 0. The Labute approximate surface area is 125 Å². The molecular weight excluding hydrogens is 262 g/mol. The van der Waals surface area contributed by atoms with E-state index in [2.05, 4.69) is 33.2 Å². The quantitative estimate of drug-likeness (QED) is 0.881. The fourth-order valence-corrected chi connectivity index (χ4v) is 2.74. The van der Waals surface area contributed by atoms with Gasteiger partial charge in [-0.15, -0.1) is 0 Å². The van der Waals surface area contributed by atoms with Gasteiger partial charge in [-0.1, -0.05) is 18.2 Å². The van der Waals surface area contributed by atoms with Gasteiger partial charge in [0.05, 0.1) is 18.1 Å². The first-order valence-corrected chi connectivity index (χ1v) is 7.44. The fraction of sp³-hybridized carbons (Fsp3) is 0.375. The molecule has 21 heavy (non-hydrogen) atoms. The Morgan fingerprint density at radius 2 is 1.95 bits per heavy atom. The summed E-state index contributed by atoms with van der Waals surface area (Å²) in [6.45, 7) is 4.15. The zero-order valence-electron chi connectivity index (χ0n) is 12.4. The highest BCUT2D eigenvalue weighted by atomic mass is 15.4. The number of nitrogens with zero attached hydrogens (tertiary/aromatic N) is 4. The monoisotopic (exact) mass is 283 g/mol. The normalized spacial score (nSPS) is 15.8. The Morgan fingerprint density at radius 3 is 2.67 bits per heavy atom. The predicted octanol–water partition coefficient (Wildman–Crippen LogP) is 2.65. The highest BCUT2D eigenvalue weighted by Crippen LogP contribution is 2.23. The molecule has 0 atom stereocenters. The number of hydrogen-bond donors (Lipinski definition) is 1. The van der Waals surface area contributed by atoms with E-state index in [1.165, 1.54) is 24.9 Å². The van der Waals surface area contributed by atoms with Gasteiger partial charge in [0.25, 0.3) is 0 Å². The van der Waals surface area contributed by atoms with Crippen molar-refractivity contribution in [2.75, 3.05) is 23.7 Å². The summed E-state index contributed by atoms with van der Waals surface area (Å²) >= 11 is 0. The number of nitrogen functional groups attached to an aromatic ring is 1. The zero-order chi connectivity index (χ0) is 14.7. The number of nitrogens with two attached hydrogens (primary N) is 1. The van der Waals surface area contributed by atoms with Crippen LogP contribution in [0.3, 0.4) is 0 Å². The van der Waals surface area contributed by atoms with Crippen LogP contribution in [-0.4, -0.2) is 29.0 Å². The van der Waals surface area contributed by atoms with Crippen LogP contribution < -0.4 is 10.6 Å². The molecule has 2 aromatic rings. The second-order valence-corrected chi connectivity index (χ2v) is 5.44. The molecule has 0 aliphatic carbocycles. The lowest BCUT2D eigenvalue weighted by molar-refractivity contribution is 0.577. The standard InChI is InChI=1S/C16H21N5/c1-13-12-21(16(17)19-13)18-11-14-7-3-4-8-15(14)20-9-5-2-6-10-20/h3-4,7-8,11-12H,2,5-6,9-10H2,1H3,(H2,17,19). The molecule has 2 N–H and O–H groups in total. The predicted molar refractivity (Wildman–Crippen MR) is 86.9 cm³/mol. The van der Waals surface area contributed by atoms with Crippen LogP contribution in [-0.2, 0) is 0 Å². The lowest BCUT2D eigenvalue weighted by Crippen LogP contribution is -2.30. The molecule has 1 aliphatic heterocycles. The third-order valence-corrected chi connectivity index (χ3v) is 3.79. The van der Waals surface area contributed by atoms with E-state index in [1.54, 1.807) is 4.68 Å². The van der Waals surface area contributed by atoms with Crippen LogP contribution >= 0.6 is 0 Å². The van der Waals surface area contributed by atoms with Gasteiger partial charge >= 0.3 is 0 Å². The number of rotatable bonds is 3. The number of imidazole rings is 1. The molecule has 2 heterocycles. The molecule has 0 bridgehead atoms. The van der Waals surface area contributed by atoms with E-state index in [-0.39, 0.29) is 0 Å². The van der Waals surface area contributed by atoms with Crippen molar-refractivity contribution in [1.29, 1.82) is 0 Å². The van der Waals surface area contributed by atoms with Gasteiger partial charge < -0.3 is 10.6 Å². The van der Waals surface area contributed by atoms with Gasteiger partial charge in [-0.3, -0.25) is 0 Å². The van der Waals surface area contributed by atoms with Crippen LogP contribution in [0.1, 0.15) is 30.5 Å². The summed E-state index contributed by atoms with van der Waals surface area (Å²) in [5, 5.41) is 4.43. The molecule has 1 aromatic heterocycles. The van der Waals surface area contributed by atoms with Gasteiger partial charge in [0, 0.05) is 24.3 Å². The van der Waals surface area contributed by atoms with Crippen molar-refractivity contribution in [2.45, 2.75) is 26.2 Å². The zero-order valence-corrected chi connectivity index (χ0v) is 12.4. The number of hydrogen-bond acceptors (Lipinski definition) is 4. The van der Waals surface area contributed by atoms with Crippen molar-refractivity contribution in [2.24, 2.45) is 5.10 Å². The molecule has 3 rings (SSSR count). The average Bonchev–Trinajstić information content (AvgIpc) is 2.84. The minimum Gasteiger partial charge on any atom is -0.371 e. The summed E-state index contributed by atoms with van der Waals surface area (Å²) in [5.74, 6) is 0.416.